The van der Waals surface area contributed by atoms with Crippen LogP contribution in [-0.4, -0.2) is 35.1 Å². The highest BCUT2D eigenvalue weighted by Gasteiger charge is 2.22. The number of rotatable bonds is 12. The summed E-state index contributed by atoms with van der Waals surface area (Å²) in [6.45, 7) is 23.0. The van der Waals surface area contributed by atoms with Crippen LogP contribution in [0.3, 0.4) is 0 Å². The van der Waals surface area contributed by atoms with E-state index in [9.17, 15) is 19.2 Å². The SMILES string of the molecule is CCCCN(C(=O)CC)c1ccc(C(C)C)cc2c(C)ccc1-2.CCCCN(C(=O)CC)c1ccc(C(C)C)cc2c(C)ccc1-2.O=c1c(O)c(O)c1=O. The fraction of sp³-hybridized carbons (Fsp3) is 0.435. The molecule has 0 aromatic heterocycles. The van der Waals surface area contributed by atoms with Gasteiger partial charge in [-0.3, -0.25) is 19.2 Å². The second-order valence-electron chi connectivity index (χ2n) is 14.6. The van der Waals surface area contributed by atoms with E-state index in [1.165, 1.54) is 44.5 Å². The first-order chi connectivity index (χ1) is 25.6. The van der Waals surface area contributed by atoms with Crippen molar-refractivity contribution in [2.24, 2.45) is 0 Å². The van der Waals surface area contributed by atoms with Gasteiger partial charge in [0.05, 0.1) is 11.4 Å². The third-order valence-corrected chi connectivity index (χ3v) is 9.92. The number of amides is 2. The molecule has 54 heavy (non-hydrogen) atoms. The summed E-state index contributed by atoms with van der Waals surface area (Å²) in [5.41, 5.74) is 10.2. The van der Waals surface area contributed by atoms with E-state index in [2.05, 4.69) is 116 Å². The summed E-state index contributed by atoms with van der Waals surface area (Å²) in [6.07, 6.45) is 5.33. The van der Waals surface area contributed by atoms with Crippen LogP contribution in [0.4, 0.5) is 11.4 Å². The summed E-state index contributed by atoms with van der Waals surface area (Å²) >= 11 is 0. The summed E-state index contributed by atoms with van der Waals surface area (Å²) in [5.74, 6) is -0.297. The van der Waals surface area contributed by atoms with Crippen LogP contribution in [0.25, 0.3) is 22.3 Å². The van der Waals surface area contributed by atoms with E-state index in [4.69, 9.17) is 10.2 Å². The minimum Gasteiger partial charge on any atom is -0.501 e. The van der Waals surface area contributed by atoms with Crippen molar-refractivity contribution in [3.8, 4) is 33.8 Å². The second-order valence-corrected chi connectivity index (χ2v) is 14.6. The fourth-order valence-electron chi connectivity index (χ4n) is 6.32. The highest BCUT2D eigenvalue weighted by Crippen LogP contribution is 2.39. The number of fused-ring (bicyclic) bond motifs is 2. The normalized spacial score (nSPS) is 11.0. The maximum Gasteiger partial charge on any atom is 0.275 e. The molecule has 1 aromatic rings. The largest absolute Gasteiger partial charge is 0.501 e. The lowest BCUT2D eigenvalue weighted by molar-refractivity contribution is -0.119. The van der Waals surface area contributed by atoms with E-state index < -0.39 is 22.4 Å². The number of unbranched alkanes of at least 4 members (excludes halogenated alkanes) is 2. The van der Waals surface area contributed by atoms with Gasteiger partial charge in [-0.25, -0.2) is 0 Å². The Morgan fingerprint density at radius 2 is 0.907 bits per heavy atom. The van der Waals surface area contributed by atoms with Gasteiger partial charge in [-0.05, 0) is 84.0 Å². The van der Waals surface area contributed by atoms with Crippen LogP contribution in [-0.2, 0) is 9.59 Å². The number of nitrogens with zero attached hydrogens (tertiary/aromatic N) is 2. The summed E-state index contributed by atoms with van der Waals surface area (Å²) in [7, 11) is 0. The van der Waals surface area contributed by atoms with Gasteiger partial charge in [-0.2, -0.15) is 0 Å². The molecule has 4 aliphatic carbocycles. The van der Waals surface area contributed by atoms with E-state index in [-0.39, 0.29) is 11.8 Å². The summed E-state index contributed by atoms with van der Waals surface area (Å²) < 4.78 is 0. The van der Waals surface area contributed by atoms with Gasteiger partial charge in [0.2, 0.25) is 23.3 Å². The molecule has 0 saturated carbocycles. The van der Waals surface area contributed by atoms with Crippen molar-refractivity contribution in [2.45, 2.75) is 120 Å². The Morgan fingerprint density at radius 1 is 0.556 bits per heavy atom. The highest BCUT2D eigenvalue weighted by atomic mass is 16.3. The van der Waals surface area contributed by atoms with Crippen molar-refractivity contribution in [1.29, 1.82) is 0 Å². The van der Waals surface area contributed by atoms with Crippen LogP contribution in [0.2, 0.25) is 0 Å². The molecule has 0 spiro atoms. The van der Waals surface area contributed by atoms with Gasteiger partial charge >= 0.3 is 0 Å². The van der Waals surface area contributed by atoms with Crippen molar-refractivity contribution < 1.29 is 19.8 Å². The van der Waals surface area contributed by atoms with Gasteiger partial charge in [0.25, 0.3) is 10.9 Å². The Hall–Kier alpha value is -4.98. The van der Waals surface area contributed by atoms with E-state index in [1.54, 1.807) is 0 Å². The first kappa shape index (κ1) is 43.4. The maximum atomic E-state index is 12.5. The van der Waals surface area contributed by atoms with E-state index in [0.29, 0.717) is 24.7 Å². The number of anilines is 2. The number of carbonyl (C=O) groups is 2. The van der Waals surface area contributed by atoms with E-state index in [0.717, 1.165) is 50.1 Å². The third kappa shape index (κ3) is 10.2. The van der Waals surface area contributed by atoms with Crippen LogP contribution in [0, 0.1) is 13.8 Å². The summed E-state index contributed by atoms with van der Waals surface area (Å²) in [6, 6.07) is 21.8. The molecule has 0 fully saturated rings. The molecule has 8 heteroatoms. The fourth-order valence-corrected chi connectivity index (χ4v) is 6.32. The van der Waals surface area contributed by atoms with Crippen molar-refractivity contribution in [2.75, 3.05) is 22.9 Å². The molecule has 0 bridgehead atoms. The highest BCUT2D eigenvalue weighted by molar-refractivity contribution is 5.99. The zero-order chi connectivity index (χ0) is 40.3. The number of hydrogen-bond acceptors (Lipinski definition) is 6. The average Bonchev–Trinajstić information content (AvgIpc) is 3.55. The molecule has 5 rings (SSSR count). The van der Waals surface area contributed by atoms with E-state index in [1.807, 2.05) is 23.6 Å². The molecule has 1 aromatic carbocycles. The summed E-state index contributed by atoms with van der Waals surface area (Å²) in [4.78, 5) is 48.9. The number of carbonyl (C=O) groups excluding carboxylic acids is 2. The van der Waals surface area contributed by atoms with Gasteiger partial charge in [-0.1, -0.05) is 117 Å². The van der Waals surface area contributed by atoms with Crippen LogP contribution in [0.15, 0.2) is 70.3 Å². The molecule has 0 heterocycles. The molecule has 0 aliphatic heterocycles. The first-order valence-electron chi connectivity index (χ1n) is 19.5. The first-order valence-corrected chi connectivity index (χ1v) is 19.5. The van der Waals surface area contributed by atoms with Crippen LogP contribution >= 0.6 is 0 Å². The van der Waals surface area contributed by atoms with Gasteiger partial charge in [-0.15, -0.1) is 0 Å². The molecule has 4 aliphatic rings. The van der Waals surface area contributed by atoms with Crippen LogP contribution < -0.4 is 20.7 Å². The third-order valence-electron chi connectivity index (χ3n) is 9.92. The Balaban J connectivity index is 0.000000241. The standard InChI is InChI=1S/2C21H29NO.C4H2O4/c2*1-6-8-13-22(21(23)7-2)20-12-10-17(15(3)4)14-19-16(5)9-11-18(19)20;5-1-2(6)4(8)3(1)7/h2*9-12,14-15H,6-8,13H2,1-5H3;5-6H. The van der Waals surface area contributed by atoms with Gasteiger partial charge < -0.3 is 20.0 Å². The molecule has 2 amide bonds. The number of aromatic hydroxyl groups is 2. The monoisotopic (exact) mass is 736 g/mol. The van der Waals surface area contributed by atoms with Crippen molar-refractivity contribution in [1.82, 2.24) is 0 Å². The predicted octanol–water partition coefficient (Wildman–Crippen LogP) is 10.2. The number of hydrogen-bond donors (Lipinski definition) is 2. The Bertz CT molecular complexity index is 1870. The average molecular weight is 737 g/mol. The van der Waals surface area contributed by atoms with Crippen LogP contribution in [0.5, 0.6) is 11.5 Å². The minimum atomic E-state index is -1.01. The molecule has 290 valence electrons. The molecule has 0 atom stereocenters. The van der Waals surface area contributed by atoms with Gasteiger partial charge in [0, 0.05) is 37.1 Å². The molecule has 0 saturated heterocycles. The zero-order valence-corrected chi connectivity index (χ0v) is 34.0. The summed E-state index contributed by atoms with van der Waals surface area (Å²) in [5, 5.41) is 16.4. The lowest BCUT2D eigenvalue weighted by Gasteiger charge is -2.23. The maximum absolute atomic E-state index is 12.5. The Morgan fingerprint density at radius 3 is 1.19 bits per heavy atom. The minimum absolute atomic E-state index is 0.205. The van der Waals surface area contributed by atoms with Gasteiger partial charge in [0.1, 0.15) is 0 Å². The molecule has 0 unspecified atom stereocenters. The quantitative estimate of drug-likeness (QED) is 0.123. The topological polar surface area (TPSA) is 115 Å². The lowest BCUT2D eigenvalue weighted by Crippen LogP contribution is -2.31. The number of aryl methyl sites for hydroxylation is 2. The molecular weight excluding hydrogens is 677 g/mol. The molecule has 2 N–H and O–H groups in total. The van der Waals surface area contributed by atoms with Crippen molar-refractivity contribution in [3.63, 3.8) is 0 Å². The van der Waals surface area contributed by atoms with E-state index >= 15 is 0 Å². The second kappa shape index (κ2) is 19.9. The lowest BCUT2D eigenvalue weighted by atomic mass is 10.0. The molecule has 8 nitrogen and oxygen atoms in total. The molecular formula is C46H60N2O6. The van der Waals surface area contributed by atoms with Crippen molar-refractivity contribution >= 4 is 23.2 Å². The predicted molar refractivity (Wildman–Crippen MR) is 224 cm³/mol. The Kier molecular flexibility index (Phi) is 16.0. The smallest absolute Gasteiger partial charge is 0.275 e. The zero-order valence-electron chi connectivity index (χ0n) is 34.0. The van der Waals surface area contributed by atoms with Gasteiger partial charge in [0.15, 0.2) is 0 Å². The molecule has 0 radical (unpaired) electrons. The van der Waals surface area contributed by atoms with Crippen LogP contribution in [0.1, 0.15) is 128 Å². The van der Waals surface area contributed by atoms with Crippen molar-refractivity contribution in [3.05, 3.63) is 103 Å². The Labute approximate surface area is 321 Å².